The highest BCUT2D eigenvalue weighted by atomic mass is 15.3. The van der Waals surface area contributed by atoms with Gasteiger partial charge in [-0.25, -0.2) is 4.98 Å². The highest BCUT2D eigenvalue weighted by Gasteiger charge is 2.08. The molecule has 3 N–H and O–H groups in total. The van der Waals surface area contributed by atoms with E-state index in [0.29, 0.717) is 24.0 Å². The number of nitrogen functional groups attached to an aromatic ring is 1. The van der Waals surface area contributed by atoms with E-state index >= 15 is 0 Å². The molecular weight excluding hydrogens is 276 g/mol. The van der Waals surface area contributed by atoms with Crippen LogP contribution in [-0.2, 0) is 6.54 Å². The Kier molecular flexibility index (Phi) is 2.86. The van der Waals surface area contributed by atoms with E-state index < -0.39 is 0 Å². The van der Waals surface area contributed by atoms with Crippen LogP contribution in [0.2, 0.25) is 0 Å². The Balaban J connectivity index is 1.69. The van der Waals surface area contributed by atoms with Crippen LogP contribution < -0.4 is 11.1 Å². The van der Waals surface area contributed by atoms with Gasteiger partial charge in [0.1, 0.15) is 0 Å². The quantitative estimate of drug-likeness (QED) is 0.606. The molecule has 0 radical (unpaired) electrons. The van der Waals surface area contributed by atoms with Crippen LogP contribution in [0.5, 0.6) is 0 Å². The zero-order valence-corrected chi connectivity index (χ0v) is 11.8. The Hall–Kier alpha value is -3.15. The summed E-state index contributed by atoms with van der Waals surface area (Å²) in [5, 5.41) is 13.7. The predicted molar refractivity (Wildman–Crippen MR) is 86.5 cm³/mol. The van der Waals surface area contributed by atoms with Crippen molar-refractivity contribution in [1.82, 2.24) is 19.6 Å². The lowest BCUT2D eigenvalue weighted by Gasteiger charge is -2.09. The largest absolute Gasteiger partial charge is 0.368 e. The molecule has 0 saturated heterocycles. The molecule has 22 heavy (non-hydrogen) atoms. The van der Waals surface area contributed by atoms with Crippen molar-refractivity contribution in [3.8, 4) is 0 Å². The van der Waals surface area contributed by atoms with Gasteiger partial charge in [-0.2, -0.15) is 0 Å². The monoisotopic (exact) mass is 290 g/mol. The second-order valence-corrected chi connectivity index (χ2v) is 5.02. The van der Waals surface area contributed by atoms with Gasteiger partial charge >= 0.3 is 0 Å². The molecule has 0 atom stereocenters. The van der Waals surface area contributed by atoms with Gasteiger partial charge in [0, 0.05) is 18.9 Å². The van der Waals surface area contributed by atoms with Crippen LogP contribution in [0.25, 0.3) is 16.4 Å². The number of anilines is 2. The molecule has 2 heterocycles. The molecule has 0 spiro atoms. The van der Waals surface area contributed by atoms with Gasteiger partial charge < -0.3 is 11.1 Å². The van der Waals surface area contributed by atoms with Gasteiger partial charge in [0.15, 0.2) is 5.82 Å². The molecule has 0 bridgehead atoms. The molecule has 0 amide bonds. The fourth-order valence-electron chi connectivity index (χ4n) is 2.59. The molecule has 0 saturated carbocycles. The summed E-state index contributed by atoms with van der Waals surface area (Å²) in [7, 11) is 0. The maximum absolute atomic E-state index is 5.76. The third-order valence-electron chi connectivity index (χ3n) is 3.68. The van der Waals surface area contributed by atoms with Crippen LogP contribution in [-0.4, -0.2) is 19.6 Å². The number of aromatic nitrogens is 4. The third kappa shape index (κ3) is 2.01. The zero-order chi connectivity index (χ0) is 14.9. The Morgan fingerprint density at radius 3 is 2.86 bits per heavy atom. The van der Waals surface area contributed by atoms with Crippen molar-refractivity contribution >= 4 is 28.2 Å². The van der Waals surface area contributed by atoms with Crippen LogP contribution in [0.1, 0.15) is 5.56 Å². The Morgan fingerprint density at radius 2 is 1.91 bits per heavy atom. The lowest BCUT2D eigenvalue weighted by Crippen LogP contribution is -2.04. The number of rotatable bonds is 3. The minimum atomic E-state index is 0.352. The van der Waals surface area contributed by atoms with Gasteiger partial charge in [-0.15, -0.1) is 10.2 Å². The number of benzene rings is 2. The number of fused-ring (bicyclic) bond motifs is 2. The molecule has 6 nitrogen and oxygen atoms in total. The van der Waals surface area contributed by atoms with Gasteiger partial charge in [0.25, 0.3) is 0 Å². The SMILES string of the molecule is Nc1nnc2c(NCc3cccc4ccccc34)nccn12. The highest BCUT2D eigenvalue weighted by Crippen LogP contribution is 2.20. The van der Waals surface area contributed by atoms with Gasteiger partial charge in [0.2, 0.25) is 11.6 Å². The van der Waals surface area contributed by atoms with Gasteiger partial charge in [-0.05, 0) is 16.3 Å². The van der Waals surface area contributed by atoms with Crippen molar-refractivity contribution < 1.29 is 0 Å². The summed E-state index contributed by atoms with van der Waals surface area (Å²) < 4.78 is 1.71. The molecule has 108 valence electrons. The lowest BCUT2D eigenvalue weighted by atomic mass is 10.0. The molecular formula is C16H14N6. The van der Waals surface area contributed by atoms with E-state index in [9.17, 15) is 0 Å². The molecule has 4 rings (SSSR count). The topological polar surface area (TPSA) is 81.1 Å². The average Bonchev–Trinajstić information content (AvgIpc) is 2.95. The summed E-state index contributed by atoms with van der Waals surface area (Å²) >= 11 is 0. The van der Waals surface area contributed by atoms with Gasteiger partial charge in [-0.3, -0.25) is 4.40 Å². The molecule has 2 aromatic carbocycles. The summed E-state index contributed by atoms with van der Waals surface area (Å²) in [5.74, 6) is 1.02. The van der Waals surface area contributed by atoms with Crippen LogP contribution in [0.3, 0.4) is 0 Å². The normalized spacial score (nSPS) is 11.1. The summed E-state index contributed by atoms with van der Waals surface area (Å²) in [5.41, 5.74) is 7.59. The number of nitrogens with two attached hydrogens (primary N) is 1. The minimum absolute atomic E-state index is 0.352. The van der Waals surface area contributed by atoms with Crippen molar-refractivity contribution in [2.24, 2.45) is 0 Å². The first kappa shape index (κ1) is 12.6. The fraction of sp³-hybridized carbons (Fsp3) is 0.0625. The average molecular weight is 290 g/mol. The molecule has 6 heteroatoms. The second kappa shape index (κ2) is 5.00. The number of nitrogens with zero attached hydrogens (tertiary/aromatic N) is 4. The van der Waals surface area contributed by atoms with Crippen molar-refractivity contribution in [2.45, 2.75) is 6.54 Å². The molecule has 0 aliphatic heterocycles. The number of nitrogens with one attached hydrogen (secondary N) is 1. The Bertz CT molecular complexity index is 954. The maximum Gasteiger partial charge on any atom is 0.226 e. The van der Waals surface area contributed by atoms with Crippen LogP contribution in [0.4, 0.5) is 11.8 Å². The van der Waals surface area contributed by atoms with E-state index in [1.807, 2.05) is 12.1 Å². The summed E-state index contributed by atoms with van der Waals surface area (Å²) in [6.07, 6.45) is 3.42. The number of hydrogen-bond acceptors (Lipinski definition) is 5. The molecule has 4 aromatic rings. The lowest BCUT2D eigenvalue weighted by molar-refractivity contribution is 1.08. The summed E-state index contributed by atoms with van der Waals surface area (Å²) in [4.78, 5) is 4.33. The summed E-state index contributed by atoms with van der Waals surface area (Å²) in [6.45, 7) is 0.654. The van der Waals surface area contributed by atoms with Crippen molar-refractivity contribution in [2.75, 3.05) is 11.1 Å². The molecule has 0 aliphatic rings. The van der Waals surface area contributed by atoms with E-state index in [1.165, 1.54) is 16.3 Å². The third-order valence-corrected chi connectivity index (χ3v) is 3.68. The predicted octanol–water partition coefficient (Wildman–Crippen LogP) is 2.47. The second-order valence-electron chi connectivity index (χ2n) is 5.02. The van der Waals surface area contributed by atoms with Crippen molar-refractivity contribution in [1.29, 1.82) is 0 Å². The van der Waals surface area contributed by atoms with E-state index in [2.05, 4.69) is 50.8 Å². The van der Waals surface area contributed by atoms with Crippen LogP contribution in [0, 0.1) is 0 Å². The highest BCUT2D eigenvalue weighted by molar-refractivity contribution is 5.85. The van der Waals surface area contributed by atoms with E-state index in [0.717, 1.165) is 0 Å². The van der Waals surface area contributed by atoms with E-state index in [4.69, 9.17) is 5.73 Å². The molecule has 0 unspecified atom stereocenters. The van der Waals surface area contributed by atoms with Crippen molar-refractivity contribution in [3.63, 3.8) is 0 Å². The van der Waals surface area contributed by atoms with Crippen LogP contribution in [0.15, 0.2) is 54.9 Å². The van der Waals surface area contributed by atoms with Gasteiger partial charge in [-0.1, -0.05) is 42.5 Å². The van der Waals surface area contributed by atoms with Gasteiger partial charge in [0.05, 0.1) is 0 Å². The van der Waals surface area contributed by atoms with E-state index in [-0.39, 0.29) is 0 Å². The molecule has 2 aromatic heterocycles. The van der Waals surface area contributed by atoms with E-state index in [1.54, 1.807) is 16.8 Å². The Labute approximate surface area is 126 Å². The zero-order valence-electron chi connectivity index (χ0n) is 11.8. The molecule has 0 fully saturated rings. The summed E-state index contributed by atoms with van der Waals surface area (Å²) in [6, 6.07) is 14.6. The molecule has 0 aliphatic carbocycles. The standard InChI is InChI=1S/C16H14N6/c17-16-21-20-15-14(18-8-9-22(15)16)19-10-12-6-3-5-11-4-1-2-7-13(11)12/h1-9H,10H2,(H2,17,21)(H,18,19). The smallest absolute Gasteiger partial charge is 0.226 e. The van der Waals surface area contributed by atoms with Crippen LogP contribution >= 0.6 is 0 Å². The number of hydrogen-bond donors (Lipinski definition) is 2. The first-order valence-corrected chi connectivity index (χ1v) is 6.98. The fourth-order valence-corrected chi connectivity index (χ4v) is 2.59. The Morgan fingerprint density at radius 1 is 1.05 bits per heavy atom. The first-order valence-electron chi connectivity index (χ1n) is 6.98. The minimum Gasteiger partial charge on any atom is -0.368 e. The first-order chi connectivity index (χ1) is 10.8. The van der Waals surface area contributed by atoms with Crippen molar-refractivity contribution in [3.05, 3.63) is 60.4 Å². The maximum atomic E-state index is 5.76.